The summed E-state index contributed by atoms with van der Waals surface area (Å²) in [4.78, 5) is 18.5. The first kappa shape index (κ1) is 51.5. The van der Waals surface area contributed by atoms with E-state index < -0.39 is 6.36 Å². The molecule has 68 heavy (non-hydrogen) atoms. The molecule has 366 valence electrons. The quantitative estimate of drug-likeness (QED) is 0.0928. The largest absolute Gasteiger partial charge is 0.573 e. The maximum Gasteiger partial charge on any atom is 0.573 e. The van der Waals surface area contributed by atoms with Crippen molar-refractivity contribution in [1.29, 1.82) is 0 Å². The fourth-order valence-electron chi connectivity index (χ4n) is 8.97. The fraction of sp³-hybridized carbons (Fsp3) is 0.491. The van der Waals surface area contributed by atoms with Crippen molar-refractivity contribution in [3.63, 3.8) is 0 Å². The molecule has 6 heterocycles. The second-order valence-electron chi connectivity index (χ2n) is 17.4. The number of thiazole rings is 3. The molecule has 0 radical (unpaired) electrons. The zero-order valence-electron chi connectivity index (χ0n) is 39.9. The lowest BCUT2D eigenvalue weighted by Gasteiger charge is -2.22. The van der Waals surface area contributed by atoms with E-state index in [0.29, 0.717) is 37.4 Å². The Balaban J connectivity index is 0.000000152. The smallest absolute Gasteiger partial charge is 0.494 e. The van der Waals surface area contributed by atoms with Crippen molar-refractivity contribution in [3.05, 3.63) is 137 Å². The van der Waals surface area contributed by atoms with Crippen LogP contribution in [0.5, 0.6) is 17.2 Å². The van der Waals surface area contributed by atoms with Crippen LogP contribution in [-0.4, -0.2) is 73.8 Å². The van der Waals surface area contributed by atoms with E-state index in [2.05, 4.69) is 70.0 Å². The van der Waals surface area contributed by atoms with Gasteiger partial charge < -0.3 is 30.2 Å². The number of aryl methyl sites for hydroxylation is 2. The van der Waals surface area contributed by atoms with Gasteiger partial charge in [0.25, 0.3) is 0 Å². The molecule has 9 nitrogen and oxygen atoms in total. The normalized spacial score (nSPS) is 16.0. The van der Waals surface area contributed by atoms with E-state index >= 15 is 0 Å². The molecule has 0 spiro atoms. The number of alkyl halides is 3. The van der Waals surface area contributed by atoms with E-state index in [0.717, 1.165) is 99.1 Å². The number of piperidine rings is 3. The summed E-state index contributed by atoms with van der Waals surface area (Å²) in [7, 11) is 0. The fourth-order valence-corrected chi connectivity index (χ4v) is 12.7. The molecule has 3 aliphatic heterocycles. The number of halogens is 3. The van der Waals surface area contributed by atoms with Crippen molar-refractivity contribution < 1.29 is 27.4 Å². The van der Waals surface area contributed by atoms with Crippen LogP contribution in [0.15, 0.2) is 79.0 Å². The molecule has 0 aliphatic carbocycles. The molecule has 9 rings (SSSR count). The van der Waals surface area contributed by atoms with E-state index in [4.69, 9.17) is 19.4 Å². The summed E-state index contributed by atoms with van der Waals surface area (Å²) in [6.07, 6.45) is 7.86. The summed E-state index contributed by atoms with van der Waals surface area (Å²) in [5, 5.41) is 13.6. The van der Waals surface area contributed by atoms with Crippen molar-refractivity contribution in [3.8, 4) is 17.2 Å². The Labute approximate surface area is 412 Å². The van der Waals surface area contributed by atoms with Crippen LogP contribution in [0.1, 0.15) is 135 Å². The maximum atomic E-state index is 12.4. The summed E-state index contributed by atoms with van der Waals surface area (Å²) < 4.78 is 52.1. The Bertz CT molecular complexity index is 2400. The summed E-state index contributed by atoms with van der Waals surface area (Å²) >= 11 is 5.49. The molecule has 0 amide bonds. The van der Waals surface area contributed by atoms with Gasteiger partial charge >= 0.3 is 6.36 Å². The highest BCUT2D eigenvalue weighted by Crippen LogP contribution is 2.36. The topological polar surface area (TPSA) is 102 Å². The first-order chi connectivity index (χ1) is 33.0. The molecule has 0 saturated carbocycles. The van der Waals surface area contributed by atoms with Gasteiger partial charge in [0.1, 0.15) is 17.2 Å². The van der Waals surface area contributed by atoms with E-state index in [1.54, 1.807) is 23.5 Å². The van der Waals surface area contributed by atoms with Crippen LogP contribution in [0, 0.1) is 6.92 Å². The number of hydrogen-bond acceptors (Lipinski definition) is 12. The monoisotopic (exact) mass is 988 g/mol. The molecule has 6 aromatic rings. The highest BCUT2D eigenvalue weighted by atomic mass is 32.1. The highest BCUT2D eigenvalue weighted by molar-refractivity contribution is 7.12. The van der Waals surface area contributed by atoms with Crippen LogP contribution in [0.25, 0.3) is 0 Å². The van der Waals surface area contributed by atoms with Gasteiger partial charge in [0.05, 0.1) is 39.6 Å². The second-order valence-corrected chi connectivity index (χ2v) is 20.8. The maximum absolute atomic E-state index is 12.4. The van der Waals surface area contributed by atoms with Gasteiger partial charge in [-0.05, 0) is 176 Å². The lowest BCUT2D eigenvalue weighted by Crippen LogP contribution is -2.26. The average molecular weight is 989 g/mol. The minimum absolute atomic E-state index is 0.184. The minimum atomic E-state index is -4.67. The number of aromatic nitrogens is 3. The van der Waals surface area contributed by atoms with Gasteiger partial charge in [0, 0.05) is 40.1 Å². The Morgan fingerprint density at radius 1 is 0.574 bits per heavy atom. The highest BCUT2D eigenvalue weighted by Gasteiger charge is 2.31. The molecule has 3 aliphatic rings. The summed E-state index contributed by atoms with van der Waals surface area (Å²) in [5.41, 5.74) is 5.74. The summed E-state index contributed by atoms with van der Waals surface area (Å²) in [6, 6.07) is 22.9. The van der Waals surface area contributed by atoms with Gasteiger partial charge in [-0.15, -0.1) is 47.2 Å². The number of rotatable bonds is 15. The van der Waals surface area contributed by atoms with Crippen LogP contribution in [0.2, 0.25) is 0 Å². The standard InChI is InChI=1S/C18H21F3N2OS.C18H24N2OS.C17H22N2OS/c1-2-15-17(13-6-8-22-9-7-13)25-16(23-15)11-12-4-3-5-14(10-12)24-18(19,20)21;1-3-21-16-6-4-14(5-7-16)12-17-20-13(2)18(22-17)15-8-10-19-11-9-15;1-2-20-15-5-3-13(4-6-15)11-17-19-12-16(21-17)14-7-9-18-10-8-14/h3-5,10,13,22H,2,6-9,11H2,1H3;4-7,15,19H,3,8-12H2,1-2H3;3-6,12,14,18H,2,7-11H2,1H3. The van der Waals surface area contributed by atoms with E-state index in [9.17, 15) is 13.2 Å². The predicted octanol–water partition coefficient (Wildman–Crippen LogP) is 12.2. The number of nitrogens with one attached hydrogen (secondary N) is 3. The number of ether oxygens (including phenoxy) is 3. The van der Waals surface area contributed by atoms with Crippen molar-refractivity contribution in [1.82, 2.24) is 30.9 Å². The molecule has 3 aromatic carbocycles. The van der Waals surface area contributed by atoms with Crippen LogP contribution in [0.4, 0.5) is 13.2 Å². The van der Waals surface area contributed by atoms with Crippen molar-refractivity contribution in [2.24, 2.45) is 0 Å². The van der Waals surface area contributed by atoms with E-state index in [-0.39, 0.29) is 5.75 Å². The van der Waals surface area contributed by atoms with Gasteiger partial charge in [-0.2, -0.15) is 0 Å². The minimum Gasteiger partial charge on any atom is -0.494 e. The first-order valence-corrected chi connectivity index (χ1v) is 26.8. The third-order valence-electron chi connectivity index (χ3n) is 12.4. The zero-order valence-corrected chi connectivity index (χ0v) is 42.3. The van der Waals surface area contributed by atoms with Crippen LogP contribution in [0.3, 0.4) is 0 Å². The van der Waals surface area contributed by atoms with Crippen molar-refractivity contribution >= 4 is 34.0 Å². The number of nitrogens with zero attached hydrogens (tertiary/aromatic N) is 3. The van der Waals surface area contributed by atoms with E-state index in [1.807, 2.05) is 60.8 Å². The van der Waals surface area contributed by atoms with E-state index in [1.165, 1.54) is 79.3 Å². The van der Waals surface area contributed by atoms with Gasteiger partial charge in [-0.1, -0.05) is 43.3 Å². The molecular formula is C53H67F3N6O3S3. The lowest BCUT2D eigenvalue weighted by molar-refractivity contribution is -0.274. The molecular weight excluding hydrogens is 922 g/mol. The molecule has 0 unspecified atom stereocenters. The van der Waals surface area contributed by atoms with Crippen LogP contribution >= 0.6 is 34.0 Å². The summed E-state index contributed by atoms with van der Waals surface area (Å²) in [5.74, 6) is 3.65. The molecule has 15 heteroatoms. The Morgan fingerprint density at radius 2 is 1.07 bits per heavy atom. The van der Waals surface area contributed by atoms with Gasteiger partial charge in [-0.25, -0.2) is 15.0 Å². The summed E-state index contributed by atoms with van der Waals surface area (Å²) in [6.45, 7) is 16.3. The molecule has 3 aromatic heterocycles. The van der Waals surface area contributed by atoms with Crippen molar-refractivity contribution in [2.45, 2.75) is 116 Å². The molecule has 3 N–H and O–H groups in total. The van der Waals surface area contributed by atoms with Gasteiger partial charge in [0.2, 0.25) is 0 Å². The molecule has 3 fully saturated rings. The Morgan fingerprint density at radius 3 is 1.62 bits per heavy atom. The third-order valence-corrected chi connectivity index (χ3v) is 16.1. The molecule has 3 saturated heterocycles. The van der Waals surface area contributed by atoms with Crippen LogP contribution in [-0.2, 0) is 25.7 Å². The second kappa shape index (κ2) is 26.0. The third kappa shape index (κ3) is 15.8. The average Bonchev–Trinajstić information content (AvgIpc) is 4.10. The van der Waals surface area contributed by atoms with Crippen LogP contribution < -0.4 is 30.2 Å². The zero-order chi connectivity index (χ0) is 47.7. The Hall–Kier alpha value is -4.38. The predicted molar refractivity (Wildman–Crippen MR) is 272 cm³/mol. The lowest BCUT2D eigenvalue weighted by atomic mass is 9.95. The number of hydrogen-bond donors (Lipinski definition) is 3. The SMILES string of the molecule is CCOc1ccc(Cc2nc(C)c(C3CCNCC3)s2)cc1.CCOc1ccc(Cc2ncc(C3CCNCC3)s2)cc1.CCc1nc(Cc2cccc(OC(F)(F)F)c2)sc1C1CCNCC1. The molecule has 0 bridgehead atoms. The number of benzene rings is 3. The van der Waals surface area contributed by atoms with Crippen molar-refractivity contribution in [2.75, 3.05) is 52.5 Å². The molecule has 0 atom stereocenters. The van der Waals surface area contributed by atoms with Gasteiger partial charge in [-0.3, -0.25) is 0 Å². The van der Waals surface area contributed by atoms with Gasteiger partial charge in [0.15, 0.2) is 0 Å². The first-order valence-electron chi connectivity index (χ1n) is 24.3. The Kier molecular flexibility index (Phi) is 19.7.